The van der Waals surface area contributed by atoms with Crippen molar-refractivity contribution < 1.29 is 9.90 Å². The monoisotopic (exact) mass is 278 g/mol. The minimum Gasteiger partial charge on any atom is -0.391 e. The van der Waals surface area contributed by atoms with E-state index in [0.717, 1.165) is 38.0 Å². The molecule has 0 bridgehead atoms. The number of hydrogen-bond acceptors (Lipinski definition) is 4. The molecule has 2 N–H and O–H groups in total. The molecule has 1 aromatic rings. The summed E-state index contributed by atoms with van der Waals surface area (Å²) >= 11 is 0. The van der Waals surface area contributed by atoms with Crippen molar-refractivity contribution in [3.8, 4) is 0 Å². The summed E-state index contributed by atoms with van der Waals surface area (Å²) in [7, 11) is 0. The predicted octanol–water partition coefficient (Wildman–Crippen LogP) is 0.389. The predicted molar refractivity (Wildman–Crippen MR) is 74.4 cm³/mol. The van der Waals surface area contributed by atoms with Gasteiger partial charge in [-0.3, -0.25) is 14.8 Å². The summed E-state index contributed by atoms with van der Waals surface area (Å²) in [5.41, 5.74) is 1.40. The second-order valence-electron chi connectivity index (χ2n) is 5.83. The standard InChI is InChI=1S/C14H22N4O2/c1-10-9-11(16-15-10)14(20)18-7-5-17(6-8-18)12-3-2-4-13(12)19/h9,12-13,19H,2-8H2,1H3,(H,15,16)/t12-,13+/m1/s1. The molecular weight excluding hydrogens is 256 g/mol. The highest BCUT2D eigenvalue weighted by Crippen LogP contribution is 2.25. The Labute approximate surface area is 118 Å². The van der Waals surface area contributed by atoms with Crippen LogP contribution in [0.5, 0.6) is 0 Å². The van der Waals surface area contributed by atoms with Gasteiger partial charge in [0.15, 0.2) is 0 Å². The molecule has 2 aliphatic rings. The van der Waals surface area contributed by atoms with Crippen LogP contribution in [0, 0.1) is 6.92 Å². The summed E-state index contributed by atoms with van der Waals surface area (Å²) in [5, 5.41) is 16.8. The third kappa shape index (κ3) is 2.58. The number of carbonyl (C=O) groups is 1. The first kappa shape index (κ1) is 13.6. The number of aromatic amines is 1. The molecule has 3 rings (SSSR count). The van der Waals surface area contributed by atoms with Gasteiger partial charge in [-0.15, -0.1) is 0 Å². The number of aryl methyl sites for hydroxylation is 1. The molecule has 0 radical (unpaired) electrons. The van der Waals surface area contributed by atoms with Crippen molar-refractivity contribution in [2.75, 3.05) is 26.2 Å². The first-order chi connectivity index (χ1) is 9.65. The van der Waals surface area contributed by atoms with Crippen LogP contribution < -0.4 is 0 Å². The number of aromatic nitrogens is 2. The lowest BCUT2D eigenvalue weighted by Gasteiger charge is -2.38. The van der Waals surface area contributed by atoms with E-state index in [1.54, 1.807) is 6.07 Å². The summed E-state index contributed by atoms with van der Waals surface area (Å²) in [6.07, 6.45) is 2.91. The lowest BCUT2D eigenvalue weighted by molar-refractivity contribution is 0.0313. The minimum atomic E-state index is -0.189. The summed E-state index contributed by atoms with van der Waals surface area (Å²) in [5.74, 6) is 0.000899. The molecule has 2 atom stereocenters. The smallest absolute Gasteiger partial charge is 0.274 e. The van der Waals surface area contributed by atoms with Gasteiger partial charge in [-0.1, -0.05) is 0 Å². The quantitative estimate of drug-likeness (QED) is 0.821. The lowest BCUT2D eigenvalue weighted by atomic mass is 10.1. The molecule has 20 heavy (non-hydrogen) atoms. The summed E-state index contributed by atoms with van der Waals surface area (Å²) in [6.45, 7) is 5.01. The minimum absolute atomic E-state index is 0.000899. The molecule has 110 valence electrons. The molecule has 1 saturated carbocycles. The van der Waals surface area contributed by atoms with Crippen LogP contribution in [-0.4, -0.2) is 69.3 Å². The maximum Gasteiger partial charge on any atom is 0.274 e. The number of nitrogens with zero attached hydrogens (tertiary/aromatic N) is 3. The fourth-order valence-electron chi connectivity index (χ4n) is 3.29. The van der Waals surface area contributed by atoms with E-state index in [4.69, 9.17) is 0 Å². The number of nitrogens with one attached hydrogen (secondary N) is 1. The van der Waals surface area contributed by atoms with Gasteiger partial charge in [0, 0.05) is 37.9 Å². The van der Waals surface area contributed by atoms with Gasteiger partial charge in [-0.2, -0.15) is 5.10 Å². The molecule has 0 aromatic carbocycles. The van der Waals surface area contributed by atoms with E-state index in [0.29, 0.717) is 24.8 Å². The van der Waals surface area contributed by atoms with Gasteiger partial charge in [0.1, 0.15) is 5.69 Å². The van der Waals surface area contributed by atoms with Gasteiger partial charge in [-0.25, -0.2) is 0 Å². The number of hydrogen-bond donors (Lipinski definition) is 2. The van der Waals surface area contributed by atoms with Gasteiger partial charge in [-0.05, 0) is 32.3 Å². The number of aliphatic hydroxyl groups excluding tert-OH is 1. The van der Waals surface area contributed by atoms with Crippen LogP contribution in [0.4, 0.5) is 0 Å². The van der Waals surface area contributed by atoms with Crippen LogP contribution in [0.15, 0.2) is 6.07 Å². The van der Waals surface area contributed by atoms with Crippen molar-refractivity contribution in [2.24, 2.45) is 0 Å². The van der Waals surface area contributed by atoms with Crippen molar-refractivity contribution in [1.82, 2.24) is 20.0 Å². The van der Waals surface area contributed by atoms with E-state index in [1.165, 1.54) is 0 Å². The first-order valence-electron chi connectivity index (χ1n) is 7.38. The van der Waals surface area contributed by atoms with E-state index >= 15 is 0 Å². The Morgan fingerprint density at radius 3 is 2.65 bits per heavy atom. The molecule has 1 aliphatic heterocycles. The van der Waals surface area contributed by atoms with E-state index in [2.05, 4.69) is 15.1 Å². The van der Waals surface area contributed by atoms with Crippen LogP contribution in [0.3, 0.4) is 0 Å². The second-order valence-corrected chi connectivity index (χ2v) is 5.83. The van der Waals surface area contributed by atoms with Crippen molar-refractivity contribution >= 4 is 5.91 Å². The highest BCUT2D eigenvalue weighted by Gasteiger charge is 2.33. The fraction of sp³-hybridized carbons (Fsp3) is 0.714. The van der Waals surface area contributed by atoms with Crippen molar-refractivity contribution in [3.63, 3.8) is 0 Å². The van der Waals surface area contributed by atoms with Gasteiger partial charge in [0.05, 0.1) is 6.10 Å². The highest BCUT2D eigenvalue weighted by molar-refractivity contribution is 5.92. The van der Waals surface area contributed by atoms with E-state index in [-0.39, 0.29) is 12.0 Å². The Hall–Kier alpha value is -1.40. The Bertz CT molecular complexity index is 479. The van der Waals surface area contributed by atoms with Gasteiger partial charge < -0.3 is 10.0 Å². The van der Waals surface area contributed by atoms with E-state index < -0.39 is 0 Å². The Morgan fingerprint density at radius 1 is 1.35 bits per heavy atom. The third-order valence-electron chi connectivity index (χ3n) is 4.44. The van der Waals surface area contributed by atoms with Crippen LogP contribution in [-0.2, 0) is 0 Å². The zero-order valence-corrected chi connectivity index (χ0v) is 11.9. The van der Waals surface area contributed by atoms with E-state index in [1.807, 2.05) is 11.8 Å². The average molecular weight is 278 g/mol. The summed E-state index contributed by atoms with van der Waals surface area (Å²) < 4.78 is 0. The zero-order valence-electron chi connectivity index (χ0n) is 11.9. The normalized spacial score (nSPS) is 28.0. The molecule has 1 saturated heterocycles. The topological polar surface area (TPSA) is 72.5 Å². The average Bonchev–Trinajstić information content (AvgIpc) is 3.07. The lowest BCUT2D eigenvalue weighted by Crippen LogP contribution is -2.53. The van der Waals surface area contributed by atoms with Crippen molar-refractivity contribution in [2.45, 2.75) is 38.3 Å². The molecule has 2 fully saturated rings. The maximum absolute atomic E-state index is 12.3. The summed E-state index contributed by atoms with van der Waals surface area (Å²) in [4.78, 5) is 16.5. The van der Waals surface area contributed by atoms with E-state index in [9.17, 15) is 9.90 Å². The number of amides is 1. The molecule has 1 amide bonds. The van der Waals surface area contributed by atoms with Crippen molar-refractivity contribution in [1.29, 1.82) is 0 Å². The molecule has 6 nitrogen and oxygen atoms in total. The zero-order chi connectivity index (χ0) is 14.1. The van der Waals surface area contributed by atoms with Crippen LogP contribution in [0.25, 0.3) is 0 Å². The van der Waals surface area contributed by atoms with Gasteiger partial charge >= 0.3 is 0 Å². The van der Waals surface area contributed by atoms with Crippen molar-refractivity contribution in [3.05, 3.63) is 17.5 Å². The number of H-pyrrole nitrogens is 1. The first-order valence-corrected chi connectivity index (χ1v) is 7.38. The molecule has 6 heteroatoms. The van der Waals surface area contributed by atoms with Crippen LogP contribution in [0.2, 0.25) is 0 Å². The number of carbonyl (C=O) groups excluding carboxylic acids is 1. The number of rotatable bonds is 2. The maximum atomic E-state index is 12.3. The molecule has 1 aliphatic carbocycles. The number of aliphatic hydroxyl groups is 1. The molecule has 2 heterocycles. The molecular formula is C14H22N4O2. The SMILES string of the molecule is Cc1cc(C(=O)N2CCN([C@@H]3CCC[C@@H]3O)CC2)n[nH]1. The fourth-order valence-corrected chi connectivity index (χ4v) is 3.29. The molecule has 0 spiro atoms. The summed E-state index contributed by atoms with van der Waals surface area (Å²) in [6, 6.07) is 2.08. The molecule has 0 unspecified atom stereocenters. The van der Waals surface area contributed by atoms with Gasteiger partial charge in [0.25, 0.3) is 5.91 Å². The Kier molecular flexibility index (Phi) is 3.76. The largest absolute Gasteiger partial charge is 0.391 e. The number of piperazine rings is 1. The van der Waals surface area contributed by atoms with Crippen LogP contribution in [0.1, 0.15) is 35.4 Å². The highest BCUT2D eigenvalue weighted by atomic mass is 16.3. The second kappa shape index (κ2) is 5.54. The van der Waals surface area contributed by atoms with Crippen LogP contribution >= 0.6 is 0 Å². The molecule has 1 aromatic heterocycles. The Balaban J connectivity index is 1.57. The third-order valence-corrected chi connectivity index (χ3v) is 4.44. The van der Waals surface area contributed by atoms with Gasteiger partial charge in [0.2, 0.25) is 0 Å². The Morgan fingerprint density at radius 2 is 2.10 bits per heavy atom.